The van der Waals surface area contributed by atoms with Crippen LogP contribution >= 0.6 is 0 Å². The van der Waals surface area contributed by atoms with Crippen molar-refractivity contribution >= 4 is 0 Å². The van der Waals surface area contributed by atoms with Crippen LogP contribution in [-0.4, -0.2) is 42.8 Å². The second kappa shape index (κ2) is 6.72. The van der Waals surface area contributed by atoms with E-state index in [2.05, 4.69) is 25.7 Å². The van der Waals surface area contributed by atoms with Crippen molar-refractivity contribution in [3.63, 3.8) is 0 Å². The fourth-order valence-electron chi connectivity index (χ4n) is 3.26. The van der Waals surface area contributed by atoms with Crippen LogP contribution in [0.2, 0.25) is 0 Å². The third kappa shape index (κ3) is 3.43. The first-order valence-corrected chi connectivity index (χ1v) is 7.09. The van der Waals surface area contributed by atoms with Crippen LogP contribution in [-0.2, 0) is 4.74 Å². The lowest BCUT2D eigenvalue weighted by Gasteiger charge is -2.49. The summed E-state index contributed by atoms with van der Waals surface area (Å²) >= 11 is 0. The van der Waals surface area contributed by atoms with Crippen LogP contribution in [0.5, 0.6) is 0 Å². The molecule has 1 fully saturated rings. The Kier molecular flexibility index (Phi) is 5.90. The zero-order chi connectivity index (χ0) is 12.9. The second-order valence-electron chi connectivity index (χ2n) is 5.65. The third-order valence-corrected chi connectivity index (χ3v) is 4.27. The molecule has 17 heavy (non-hydrogen) atoms. The van der Waals surface area contributed by atoms with Gasteiger partial charge < -0.3 is 10.5 Å². The summed E-state index contributed by atoms with van der Waals surface area (Å²) in [6.07, 6.45) is 6.32. The van der Waals surface area contributed by atoms with Crippen LogP contribution in [0.4, 0.5) is 0 Å². The molecule has 0 bridgehead atoms. The molecular weight excluding hydrogens is 212 g/mol. The highest BCUT2D eigenvalue weighted by Crippen LogP contribution is 2.35. The number of nitrogens with zero attached hydrogens (tertiary/aromatic N) is 1. The zero-order valence-corrected chi connectivity index (χ0v) is 12.0. The van der Waals surface area contributed by atoms with E-state index < -0.39 is 0 Å². The fourth-order valence-corrected chi connectivity index (χ4v) is 3.26. The van der Waals surface area contributed by atoms with Crippen molar-refractivity contribution < 1.29 is 4.74 Å². The minimum Gasteiger partial charge on any atom is -0.381 e. The Balaban J connectivity index is 2.73. The Morgan fingerprint density at radius 1 is 1.35 bits per heavy atom. The van der Waals surface area contributed by atoms with Crippen molar-refractivity contribution in [3.8, 4) is 0 Å². The Morgan fingerprint density at radius 3 is 2.29 bits per heavy atom. The first-order valence-electron chi connectivity index (χ1n) is 7.09. The van der Waals surface area contributed by atoms with E-state index in [1.54, 1.807) is 0 Å². The standard InChI is InChI=1S/C14H30N2O/c1-5-10-16(12(2)3)14(11-15)8-6-13(17-4)7-9-14/h12-13H,5-11,15H2,1-4H3. The predicted octanol–water partition coefficient (Wildman–Crippen LogP) is 2.39. The van der Waals surface area contributed by atoms with E-state index in [-0.39, 0.29) is 5.54 Å². The van der Waals surface area contributed by atoms with Crippen molar-refractivity contribution in [2.75, 3.05) is 20.2 Å². The number of hydrogen-bond acceptors (Lipinski definition) is 3. The maximum Gasteiger partial charge on any atom is 0.0572 e. The lowest BCUT2D eigenvalue weighted by molar-refractivity contribution is -0.0202. The van der Waals surface area contributed by atoms with Gasteiger partial charge >= 0.3 is 0 Å². The van der Waals surface area contributed by atoms with Gasteiger partial charge in [0.25, 0.3) is 0 Å². The second-order valence-corrected chi connectivity index (χ2v) is 5.65. The Labute approximate surface area is 107 Å². The summed E-state index contributed by atoms with van der Waals surface area (Å²) in [6, 6.07) is 0.581. The van der Waals surface area contributed by atoms with E-state index in [0.717, 1.165) is 25.9 Å². The van der Waals surface area contributed by atoms with Crippen molar-refractivity contribution in [3.05, 3.63) is 0 Å². The highest BCUT2D eigenvalue weighted by Gasteiger charge is 2.39. The highest BCUT2D eigenvalue weighted by molar-refractivity contribution is 4.97. The number of methoxy groups -OCH3 is 1. The molecule has 1 rings (SSSR count). The molecule has 0 aromatic carbocycles. The maximum atomic E-state index is 6.11. The molecule has 0 aromatic heterocycles. The summed E-state index contributed by atoms with van der Waals surface area (Å²) in [5.74, 6) is 0. The molecule has 1 saturated carbocycles. The van der Waals surface area contributed by atoms with Crippen LogP contribution in [0.25, 0.3) is 0 Å². The summed E-state index contributed by atoms with van der Waals surface area (Å²) in [6.45, 7) is 8.76. The van der Waals surface area contributed by atoms with Gasteiger partial charge in [-0.15, -0.1) is 0 Å². The Bertz CT molecular complexity index is 210. The first-order chi connectivity index (χ1) is 8.09. The lowest BCUT2D eigenvalue weighted by Crippen LogP contribution is -2.58. The zero-order valence-electron chi connectivity index (χ0n) is 12.0. The first kappa shape index (κ1) is 14.9. The van der Waals surface area contributed by atoms with E-state index in [9.17, 15) is 0 Å². The summed E-state index contributed by atoms with van der Waals surface area (Å²) in [4.78, 5) is 2.62. The van der Waals surface area contributed by atoms with E-state index in [1.165, 1.54) is 19.3 Å². The minimum absolute atomic E-state index is 0.221. The molecule has 2 N–H and O–H groups in total. The van der Waals surface area contributed by atoms with Gasteiger partial charge in [-0.3, -0.25) is 4.90 Å². The van der Waals surface area contributed by atoms with Gasteiger partial charge in [0.15, 0.2) is 0 Å². The molecular formula is C14H30N2O. The quantitative estimate of drug-likeness (QED) is 0.777. The van der Waals surface area contributed by atoms with Gasteiger partial charge in [0, 0.05) is 25.2 Å². The predicted molar refractivity (Wildman–Crippen MR) is 73.2 cm³/mol. The molecule has 0 saturated heterocycles. The molecule has 0 spiro atoms. The summed E-state index contributed by atoms with van der Waals surface area (Å²) in [5.41, 5.74) is 6.33. The average Bonchev–Trinajstić information content (AvgIpc) is 2.35. The van der Waals surface area contributed by atoms with Crippen molar-refractivity contribution in [1.29, 1.82) is 0 Å². The fraction of sp³-hybridized carbons (Fsp3) is 1.00. The number of hydrogen-bond donors (Lipinski definition) is 1. The molecule has 1 aliphatic carbocycles. The number of rotatable bonds is 6. The third-order valence-electron chi connectivity index (χ3n) is 4.27. The van der Waals surface area contributed by atoms with Crippen LogP contribution in [0.1, 0.15) is 52.9 Å². The van der Waals surface area contributed by atoms with E-state index >= 15 is 0 Å². The monoisotopic (exact) mass is 242 g/mol. The van der Waals surface area contributed by atoms with Crippen molar-refractivity contribution in [2.45, 2.75) is 70.6 Å². The average molecular weight is 242 g/mol. The van der Waals surface area contributed by atoms with Crippen LogP contribution in [0.15, 0.2) is 0 Å². The highest BCUT2D eigenvalue weighted by atomic mass is 16.5. The topological polar surface area (TPSA) is 38.5 Å². The Hall–Kier alpha value is -0.120. The molecule has 0 aromatic rings. The van der Waals surface area contributed by atoms with Gasteiger partial charge in [0.2, 0.25) is 0 Å². The maximum absolute atomic E-state index is 6.11. The molecule has 1 aliphatic rings. The largest absolute Gasteiger partial charge is 0.381 e. The van der Waals surface area contributed by atoms with Crippen LogP contribution < -0.4 is 5.73 Å². The van der Waals surface area contributed by atoms with Gasteiger partial charge in [-0.2, -0.15) is 0 Å². The van der Waals surface area contributed by atoms with E-state index in [4.69, 9.17) is 10.5 Å². The molecule has 0 atom stereocenters. The van der Waals surface area contributed by atoms with Crippen LogP contribution in [0, 0.1) is 0 Å². The molecule has 3 nitrogen and oxygen atoms in total. The van der Waals surface area contributed by atoms with Gasteiger partial charge in [0.05, 0.1) is 6.10 Å². The molecule has 3 heteroatoms. The normalized spacial score (nSPS) is 30.2. The van der Waals surface area contributed by atoms with E-state index in [1.807, 2.05) is 7.11 Å². The summed E-state index contributed by atoms with van der Waals surface area (Å²) in [5, 5.41) is 0. The molecule has 0 radical (unpaired) electrons. The van der Waals surface area contributed by atoms with Crippen molar-refractivity contribution in [2.24, 2.45) is 5.73 Å². The van der Waals surface area contributed by atoms with E-state index in [0.29, 0.717) is 12.1 Å². The number of ether oxygens (including phenoxy) is 1. The lowest BCUT2D eigenvalue weighted by atomic mass is 9.78. The Morgan fingerprint density at radius 2 is 1.94 bits per heavy atom. The SMILES string of the molecule is CCCN(C(C)C)C1(CN)CCC(OC)CC1. The molecule has 102 valence electrons. The van der Waals surface area contributed by atoms with Crippen LogP contribution in [0.3, 0.4) is 0 Å². The summed E-state index contributed by atoms with van der Waals surface area (Å²) < 4.78 is 5.47. The van der Waals surface area contributed by atoms with Crippen molar-refractivity contribution in [1.82, 2.24) is 4.90 Å². The molecule has 0 heterocycles. The summed E-state index contributed by atoms with van der Waals surface area (Å²) in [7, 11) is 1.83. The molecule has 0 aliphatic heterocycles. The van der Waals surface area contributed by atoms with Gasteiger partial charge in [0.1, 0.15) is 0 Å². The van der Waals surface area contributed by atoms with Gasteiger partial charge in [-0.1, -0.05) is 6.92 Å². The molecule has 0 amide bonds. The minimum atomic E-state index is 0.221. The smallest absolute Gasteiger partial charge is 0.0572 e. The number of nitrogens with two attached hydrogens (primary N) is 1. The van der Waals surface area contributed by atoms with Gasteiger partial charge in [-0.05, 0) is 52.5 Å². The van der Waals surface area contributed by atoms with Gasteiger partial charge in [-0.25, -0.2) is 0 Å². The molecule has 0 unspecified atom stereocenters.